The second-order valence-electron chi connectivity index (χ2n) is 7.30. The van der Waals surface area contributed by atoms with Crippen LogP contribution in [0.25, 0.3) is 10.8 Å². The fourth-order valence-corrected chi connectivity index (χ4v) is 4.48. The topological polar surface area (TPSA) is 112 Å². The van der Waals surface area contributed by atoms with Gasteiger partial charge in [-0.3, -0.25) is 14.9 Å². The summed E-state index contributed by atoms with van der Waals surface area (Å²) in [6, 6.07) is 7.01. The minimum absolute atomic E-state index is 0.0567. The zero-order valence-corrected chi connectivity index (χ0v) is 18.7. The Morgan fingerprint density at radius 3 is 2.56 bits per heavy atom. The number of carbonyl (C=O) groups is 3. The van der Waals surface area contributed by atoms with Crippen LogP contribution >= 0.6 is 34.8 Å². The minimum Gasteiger partial charge on any atom is -0.494 e. The van der Waals surface area contributed by atoms with Gasteiger partial charge in [-0.25, -0.2) is 4.79 Å². The molecule has 2 aromatic carbocycles. The molecule has 4 amide bonds. The number of rotatable bonds is 4. The number of nitrogens with zero attached hydrogens (tertiary/aromatic N) is 1. The van der Waals surface area contributed by atoms with E-state index < -0.39 is 18.0 Å². The zero-order valence-electron chi connectivity index (χ0n) is 16.4. The number of urea groups is 1. The first kappa shape index (κ1) is 22.3. The Labute approximate surface area is 197 Å². The summed E-state index contributed by atoms with van der Waals surface area (Å²) in [5.74, 6) is -0.830. The van der Waals surface area contributed by atoms with Crippen LogP contribution in [0.2, 0.25) is 15.1 Å². The van der Waals surface area contributed by atoms with E-state index in [4.69, 9.17) is 34.8 Å². The molecule has 4 rings (SSSR count). The third-order valence-corrected chi connectivity index (χ3v) is 5.94. The molecule has 4 N–H and O–H groups in total. The Kier molecular flexibility index (Phi) is 6.19. The lowest BCUT2D eigenvalue weighted by molar-refractivity contribution is -0.135. The Hall–Kier alpha value is -2.94. The number of carbonyl (C=O) groups excluding carboxylic acids is 3. The molecule has 0 aliphatic carbocycles. The van der Waals surface area contributed by atoms with E-state index in [-0.39, 0.29) is 40.5 Å². The number of aromatic nitrogens is 1. The van der Waals surface area contributed by atoms with Crippen molar-refractivity contribution in [1.29, 1.82) is 0 Å². The Morgan fingerprint density at radius 2 is 1.88 bits per heavy atom. The molecule has 0 radical (unpaired) electrons. The highest BCUT2D eigenvalue weighted by Crippen LogP contribution is 2.34. The molecule has 0 bridgehead atoms. The van der Waals surface area contributed by atoms with Crippen LogP contribution in [0, 0.1) is 0 Å². The summed E-state index contributed by atoms with van der Waals surface area (Å²) in [4.78, 5) is 35.8. The molecular formula is C21H17Cl3N4O4. The summed E-state index contributed by atoms with van der Waals surface area (Å²) in [6.07, 6.45) is 2.17. The summed E-state index contributed by atoms with van der Waals surface area (Å²) in [6.45, 7) is 0.189. The minimum atomic E-state index is -0.665. The fourth-order valence-electron chi connectivity index (χ4n) is 3.57. The average Bonchev–Trinajstić information content (AvgIpc) is 3.05. The largest absolute Gasteiger partial charge is 0.494 e. The SMILES string of the molecule is O=C1CCC(n2cc3cc(CNC(=O)Nc4c(Cl)cc(Cl)cc4Cl)ccc3c2O)C(=O)N1. The van der Waals surface area contributed by atoms with Gasteiger partial charge in [-0.15, -0.1) is 0 Å². The molecule has 1 saturated heterocycles. The van der Waals surface area contributed by atoms with Crippen LogP contribution in [0.1, 0.15) is 24.4 Å². The molecule has 1 unspecified atom stereocenters. The van der Waals surface area contributed by atoms with E-state index in [0.29, 0.717) is 22.2 Å². The van der Waals surface area contributed by atoms with Gasteiger partial charge in [-0.05, 0) is 36.2 Å². The number of amides is 4. The smallest absolute Gasteiger partial charge is 0.319 e. The van der Waals surface area contributed by atoms with E-state index in [1.807, 2.05) is 0 Å². The second kappa shape index (κ2) is 8.90. The number of aromatic hydroxyl groups is 1. The van der Waals surface area contributed by atoms with Crippen molar-refractivity contribution < 1.29 is 19.5 Å². The third-order valence-electron chi connectivity index (χ3n) is 5.12. The lowest BCUT2D eigenvalue weighted by Crippen LogP contribution is -2.41. The van der Waals surface area contributed by atoms with Crippen molar-refractivity contribution in [3.63, 3.8) is 0 Å². The average molecular weight is 496 g/mol. The van der Waals surface area contributed by atoms with Crippen molar-refractivity contribution in [2.24, 2.45) is 0 Å². The van der Waals surface area contributed by atoms with E-state index in [1.165, 1.54) is 16.7 Å². The maximum Gasteiger partial charge on any atom is 0.319 e. The zero-order chi connectivity index (χ0) is 23.0. The number of hydrogen-bond donors (Lipinski definition) is 4. The predicted octanol–water partition coefficient (Wildman–Crippen LogP) is 4.61. The first-order valence-corrected chi connectivity index (χ1v) is 10.7. The monoisotopic (exact) mass is 494 g/mol. The van der Waals surface area contributed by atoms with Crippen molar-refractivity contribution in [2.45, 2.75) is 25.4 Å². The first-order valence-electron chi connectivity index (χ1n) is 9.58. The second-order valence-corrected chi connectivity index (χ2v) is 8.55. The van der Waals surface area contributed by atoms with Crippen LogP contribution < -0.4 is 16.0 Å². The maximum atomic E-state index is 12.3. The summed E-state index contributed by atoms with van der Waals surface area (Å²) >= 11 is 18.0. The van der Waals surface area contributed by atoms with Crippen LogP contribution in [-0.2, 0) is 16.1 Å². The first-order chi connectivity index (χ1) is 15.2. The van der Waals surface area contributed by atoms with Crippen LogP contribution in [0.15, 0.2) is 36.5 Å². The molecule has 1 aromatic heterocycles. The molecule has 2 heterocycles. The van der Waals surface area contributed by atoms with E-state index in [1.54, 1.807) is 24.4 Å². The summed E-state index contributed by atoms with van der Waals surface area (Å²) in [5.41, 5.74) is 1.01. The lowest BCUT2D eigenvalue weighted by atomic mass is 10.1. The maximum absolute atomic E-state index is 12.3. The molecule has 8 nitrogen and oxygen atoms in total. The number of halogens is 3. The van der Waals surface area contributed by atoms with E-state index in [2.05, 4.69) is 16.0 Å². The summed E-state index contributed by atoms with van der Waals surface area (Å²) in [7, 11) is 0. The van der Waals surface area contributed by atoms with Crippen LogP contribution in [-0.4, -0.2) is 27.5 Å². The Morgan fingerprint density at radius 1 is 1.16 bits per heavy atom. The molecule has 1 aliphatic heterocycles. The molecule has 1 atom stereocenters. The lowest BCUT2D eigenvalue weighted by Gasteiger charge is -2.22. The standard InChI is InChI=1S/C21H17Cl3N4O4/c22-12-6-14(23)18(15(24)7-12)27-21(32)25-8-10-1-2-13-11(5-10)9-28(20(13)31)16-3-4-17(29)26-19(16)30/h1-2,5-7,9,16,31H,3-4,8H2,(H2,25,27,32)(H,26,29,30). The third kappa shape index (κ3) is 4.48. The van der Waals surface area contributed by atoms with Crippen molar-refractivity contribution >= 4 is 69.1 Å². The molecule has 0 spiro atoms. The van der Waals surface area contributed by atoms with Crippen LogP contribution in [0.5, 0.6) is 5.88 Å². The van der Waals surface area contributed by atoms with Crippen molar-refractivity contribution in [1.82, 2.24) is 15.2 Å². The number of piperidine rings is 1. The van der Waals surface area contributed by atoms with Gasteiger partial charge >= 0.3 is 6.03 Å². The van der Waals surface area contributed by atoms with Crippen molar-refractivity contribution in [2.75, 3.05) is 5.32 Å². The van der Waals surface area contributed by atoms with Gasteiger partial charge < -0.3 is 20.3 Å². The van der Waals surface area contributed by atoms with Gasteiger partial charge in [0.1, 0.15) is 6.04 Å². The number of fused-ring (bicyclic) bond motifs is 1. The highest BCUT2D eigenvalue weighted by Gasteiger charge is 2.30. The number of nitrogens with one attached hydrogen (secondary N) is 3. The molecule has 1 aliphatic rings. The predicted molar refractivity (Wildman–Crippen MR) is 122 cm³/mol. The van der Waals surface area contributed by atoms with E-state index in [9.17, 15) is 19.5 Å². The number of imide groups is 1. The molecular weight excluding hydrogens is 479 g/mol. The normalized spacial score (nSPS) is 16.2. The summed E-state index contributed by atoms with van der Waals surface area (Å²) < 4.78 is 1.46. The van der Waals surface area contributed by atoms with Gasteiger partial charge in [0.15, 0.2) is 5.88 Å². The fraction of sp³-hybridized carbons (Fsp3) is 0.190. The summed E-state index contributed by atoms with van der Waals surface area (Å²) in [5, 5.41) is 20.2. The molecule has 32 heavy (non-hydrogen) atoms. The van der Waals surface area contributed by atoms with Crippen LogP contribution in [0.4, 0.5) is 10.5 Å². The van der Waals surface area contributed by atoms with E-state index >= 15 is 0 Å². The van der Waals surface area contributed by atoms with Gasteiger partial charge in [0.05, 0.1) is 15.7 Å². The molecule has 0 saturated carbocycles. The highest BCUT2D eigenvalue weighted by atomic mass is 35.5. The number of hydrogen-bond acceptors (Lipinski definition) is 4. The molecule has 3 aromatic rings. The van der Waals surface area contributed by atoms with Crippen LogP contribution in [0.3, 0.4) is 0 Å². The molecule has 11 heteroatoms. The highest BCUT2D eigenvalue weighted by molar-refractivity contribution is 6.42. The Balaban J connectivity index is 1.47. The number of anilines is 1. The van der Waals surface area contributed by atoms with Gasteiger partial charge in [0.25, 0.3) is 0 Å². The quantitative estimate of drug-likeness (QED) is 0.396. The molecule has 1 fully saturated rings. The van der Waals surface area contributed by atoms with Gasteiger partial charge in [0.2, 0.25) is 11.8 Å². The Bertz CT molecular complexity index is 1230. The van der Waals surface area contributed by atoms with Gasteiger partial charge in [-0.1, -0.05) is 40.9 Å². The van der Waals surface area contributed by atoms with Crippen molar-refractivity contribution in [3.05, 3.63) is 57.2 Å². The van der Waals surface area contributed by atoms with E-state index in [0.717, 1.165) is 5.56 Å². The van der Waals surface area contributed by atoms with Gasteiger partial charge in [0, 0.05) is 35.0 Å². The van der Waals surface area contributed by atoms with Gasteiger partial charge in [-0.2, -0.15) is 0 Å². The molecule has 166 valence electrons. The number of benzene rings is 2. The van der Waals surface area contributed by atoms with Crippen molar-refractivity contribution in [3.8, 4) is 5.88 Å².